The van der Waals surface area contributed by atoms with Gasteiger partial charge >= 0.3 is 12.0 Å². The number of hydrogen-bond acceptors (Lipinski definition) is 6. The fourth-order valence-corrected chi connectivity index (χ4v) is 2.18. The summed E-state index contributed by atoms with van der Waals surface area (Å²) in [7, 11) is 0. The van der Waals surface area contributed by atoms with Crippen LogP contribution in [0, 0.1) is 11.3 Å². The largest absolute Gasteiger partial charge is 0.458 e. The van der Waals surface area contributed by atoms with Crippen LogP contribution in [0.5, 0.6) is 0 Å². The Bertz CT molecular complexity index is 843. The Morgan fingerprint density at radius 1 is 1.12 bits per heavy atom. The van der Waals surface area contributed by atoms with E-state index >= 15 is 0 Å². The first-order valence-corrected chi connectivity index (χ1v) is 6.70. The predicted molar refractivity (Wildman–Crippen MR) is 75.4 cm³/mol. The van der Waals surface area contributed by atoms with Gasteiger partial charge in [0.1, 0.15) is 11.8 Å². The number of nitriles is 1. The zero-order valence-corrected chi connectivity index (χ0v) is 11.9. The van der Waals surface area contributed by atoms with E-state index in [1.165, 1.54) is 24.5 Å². The van der Waals surface area contributed by atoms with E-state index in [0.717, 1.165) is 0 Å². The summed E-state index contributed by atoms with van der Waals surface area (Å²) < 4.78 is 38.1. The Morgan fingerprint density at radius 3 is 2.33 bits per heavy atom. The Morgan fingerprint density at radius 2 is 1.75 bits per heavy atom. The molecule has 0 spiro atoms. The second-order valence-electron chi connectivity index (χ2n) is 5.03. The molecule has 1 unspecified atom stereocenters. The number of nitrogens with zero attached hydrogens (tertiary/aromatic N) is 4. The van der Waals surface area contributed by atoms with Crippen LogP contribution >= 0.6 is 0 Å². The minimum absolute atomic E-state index is 0.0268. The van der Waals surface area contributed by atoms with E-state index in [0.29, 0.717) is 16.8 Å². The molecule has 6 nitrogen and oxygen atoms in total. The van der Waals surface area contributed by atoms with Gasteiger partial charge in [0.2, 0.25) is 0 Å². The number of aromatic nitrogens is 2. The molecule has 0 bridgehead atoms. The summed E-state index contributed by atoms with van der Waals surface area (Å²) in [6.45, 7) is 0. The number of halogens is 3. The van der Waals surface area contributed by atoms with Crippen molar-refractivity contribution in [2.24, 2.45) is 5.16 Å². The van der Waals surface area contributed by atoms with E-state index in [2.05, 4.69) is 20.0 Å². The first-order valence-electron chi connectivity index (χ1n) is 6.70. The number of alkyl halides is 3. The van der Waals surface area contributed by atoms with Gasteiger partial charge < -0.3 is 9.94 Å². The third-order valence-electron chi connectivity index (χ3n) is 3.45. The lowest BCUT2D eigenvalue weighted by molar-refractivity contribution is -0.355. The molecule has 0 radical (unpaired) electrons. The Hall–Kier alpha value is -2.99. The summed E-state index contributed by atoms with van der Waals surface area (Å²) in [5.41, 5.74) is 1.41. The van der Waals surface area contributed by atoms with E-state index < -0.39 is 18.4 Å². The van der Waals surface area contributed by atoms with E-state index in [1.807, 2.05) is 6.07 Å². The predicted octanol–water partition coefficient (Wildman–Crippen LogP) is 2.39. The molecule has 1 aliphatic heterocycles. The highest BCUT2D eigenvalue weighted by Gasteiger charge is 2.60. The van der Waals surface area contributed by atoms with Crippen molar-refractivity contribution >= 4 is 5.71 Å². The van der Waals surface area contributed by atoms with Gasteiger partial charge in [0.05, 0.1) is 12.1 Å². The van der Waals surface area contributed by atoms with E-state index in [-0.39, 0.29) is 11.4 Å². The molecule has 1 aromatic carbocycles. The van der Waals surface area contributed by atoms with Crippen molar-refractivity contribution in [3.63, 3.8) is 0 Å². The fraction of sp³-hybridized carbons (Fsp3) is 0.200. The third kappa shape index (κ3) is 2.68. The van der Waals surface area contributed by atoms with Crippen LogP contribution in [0.1, 0.15) is 17.7 Å². The summed E-state index contributed by atoms with van der Waals surface area (Å²) in [5.74, 6) is -3.31. The van der Waals surface area contributed by atoms with Crippen LogP contribution in [-0.2, 0) is 4.84 Å². The first-order chi connectivity index (χ1) is 11.3. The molecule has 3 rings (SSSR count). The fourth-order valence-electron chi connectivity index (χ4n) is 2.18. The summed E-state index contributed by atoms with van der Waals surface area (Å²) in [4.78, 5) is 12.1. The average Bonchev–Trinajstić information content (AvgIpc) is 2.98. The number of rotatable bonds is 2. The van der Waals surface area contributed by atoms with Gasteiger partial charge in [-0.25, -0.2) is 4.98 Å². The second kappa shape index (κ2) is 5.58. The standard InChI is InChI=1S/C15H9F3N4O2/c16-15(17,18)14(23)7-11(22-24-14)9-1-3-10(4-2-9)13-12(8-19)20-5-6-21-13/h1-6,23H,7H2. The van der Waals surface area contributed by atoms with Crippen LogP contribution in [-0.4, -0.2) is 32.7 Å². The molecular weight excluding hydrogens is 325 g/mol. The monoisotopic (exact) mass is 334 g/mol. The molecule has 0 amide bonds. The molecule has 1 atom stereocenters. The second-order valence-corrected chi connectivity index (χ2v) is 5.03. The van der Waals surface area contributed by atoms with E-state index in [1.54, 1.807) is 12.1 Å². The van der Waals surface area contributed by atoms with Gasteiger partial charge in [-0.05, 0) is 5.56 Å². The van der Waals surface area contributed by atoms with Crippen molar-refractivity contribution in [2.45, 2.75) is 18.4 Å². The van der Waals surface area contributed by atoms with Crippen molar-refractivity contribution in [1.82, 2.24) is 9.97 Å². The summed E-state index contributed by atoms with van der Waals surface area (Å²) in [5, 5.41) is 21.8. The molecule has 122 valence electrons. The lowest BCUT2D eigenvalue weighted by Crippen LogP contribution is -2.45. The van der Waals surface area contributed by atoms with Gasteiger partial charge in [0.15, 0.2) is 5.69 Å². The Labute approximate surface area is 133 Å². The number of aliphatic hydroxyl groups is 1. The van der Waals surface area contributed by atoms with Gasteiger partial charge in [-0.3, -0.25) is 4.98 Å². The molecule has 1 N–H and O–H groups in total. The van der Waals surface area contributed by atoms with Crippen molar-refractivity contribution in [3.8, 4) is 17.3 Å². The third-order valence-corrected chi connectivity index (χ3v) is 3.45. The maximum Gasteiger partial charge on any atom is 0.458 e. The zero-order valence-electron chi connectivity index (χ0n) is 11.9. The Kier molecular flexibility index (Phi) is 3.69. The first kappa shape index (κ1) is 15.9. The molecule has 24 heavy (non-hydrogen) atoms. The van der Waals surface area contributed by atoms with Crippen LogP contribution < -0.4 is 0 Å². The van der Waals surface area contributed by atoms with Gasteiger partial charge in [-0.1, -0.05) is 29.4 Å². The number of oxime groups is 1. The van der Waals surface area contributed by atoms with Gasteiger partial charge in [0.25, 0.3) is 0 Å². The van der Waals surface area contributed by atoms with Crippen molar-refractivity contribution < 1.29 is 23.1 Å². The maximum absolute atomic E-state index is 12.7. The Balaban J connectivity index is 1.86. The van der Waals surface area contributed by atoms with Crippen LogP contribution in [0.15, 0.2) is 41.8 Å². The highest BCUT2D eigenvalue weighted by molar-refractivity contribution is 6.01. The lowest BCUT2D eigenvalue weighted by atomic mass is 10.0. The zero-order chi connectivity index (χ0) is 17.4. The molecule has 0 saturated heterocycles. The molecule has 2 aromatic rings. The topological polar surface area (TPSA) is 91.4 Å². The quantitative estimate of drug-likeness (QED) is 0.910. The molecule has 1 aliphatic rings. The minimum Gasteiger partial charge on any atom is -0.350 e. The van der Waals surface area contributed by atoms with Crippen LogP contribution in [0.3, 0.4) is 0 Å². The number of benzene rings is 1. The van der Waals surface area contributed by atoms with E-state index in [9.17, 15) is 18.3 Å². The molecule has 2 heterocycles. The van der Waals surface area contributed by atoms with Crippen LogP contribution in [0.4, 0.5) is 13.2 Å². The molecule has 1 aromatic heterocycles. The molecule has 0 fully saturated rings. The van der Waals surface area contributed by atoms with Gasteiger partial charge in [0, 0.05) is 18.0 Å². The van der Waals surface area contributed by atoms with Crippen molar-refractivity contribution in [2.75, 3.05) is 0 Å². The SMILES string of the molecule is N#Cc1nccnc1-c1ccc(C2=NOC(O)(C(F)(F)F)C2)cc1. The van der Waals surface area contributed by atoms with Gasteiger partial charge in [-0.15, -0.1) is 0 Å². The summed E-state index contributed by atoms with van der Waals surface area (Å²) in [6.07, 6.45) is -2.93. The summed E-state index contributed by atoms with van der Waals surface area (Å²) >= 11 is 0. The lowest BCUT2D eigenvalue weighted by Gasteiger charge is -2.22. The normalized spacial score (nSPS) is 20.2. The van der Waals surface area contributed by atoms with Crippen molar-refractivity contribution in [1.29, 1.82) is 5.26 Å². The van der Waals surface area contributed by atoms with Crippen molar-refractivity contribution in [3.05, 3.63) is 47.9 Å². The minimum atomic E-state index is -4.94. The highest BCUT2D eigenvalue weighted by Crippen LogP contribution is 2.39. The van der Waals surface area contributed by atoms with Crippen LogP contribution in [0.2, 0.25) is 0 Å². The van der Waals surface area contributed by atoms with Crippen LogP contribution in [0.25, 0.3) is 11.3 Å². The maximum atomic E-state index is 12.7. The molecule has 0 saturated carbocycles. The molecule has 0 aliphatic carbocycles. The number of hydrogen-bond donors (Lipinski definition) is 1. The highest BCUT2D eigenvalue weighted by atomic mass is 19.4. The summed E-state index contributed by atoms with van der Waals surface area (Å²) in [6, 6.07) is 8.09. The molecule has 9 heteroatoms. The van der Waals surface area contributed by atoms with Gasteiger partial charge in [-0.2, -0.15) is 18.4 Å². The van der Waals surface area contributed by atoms with E-state index in [4.69, 9.17) is 5.26 Å². The smallest absolute Gasteiger partial charge is 0.350 e. The average molecular weight is 334 g/mol. The molecular formula is C15H9F3N4O2.